The van der Waals surface area contributed by atoms with Crippen LogP contribution in [0, 0.1) is 15.4 Å². The Morgan fingerprint density at radius 2 is 2.00 bits per heavy atom. The molecule has 0 heterocycles. The van der Waals surface area contributed by atoms with E-state index in [1.807, 2.05) is 0 Å². The lowest BCUT2D eigenvalue weighted by molar-refractivity contribution is -0.0125. The lowest BCUT2D eigenvalue weighted by Crippen LogP contribution is -2.37. The third kappa shape index (κ3) is 1.90. The van der Waals surface area contributed by atoms with Crippen LogP contribution in [0.1, 0.15) is 31.2 Å². The standard InChI is InChI=1S/C14H17IO/c15-13-5-2-10(3-6-13)8-14(16)9-11-1-4-12(14)7-11/h2-3,5-6,11-12,16H,1,4,7-9H2. The minimum Gasteiger partial charge on any atom is -0.389 e. The van der Waals surface area contributed by atoms with E-state index >= 15 is 0 Å². The molecule has 0 saturated heterocycles. The van der Waals surface area contributed by atoms with Gasteiger partial charge in [0.1, 0.15) is 0 Å². The Hall–Kier alpha value is -0.0900. The monoisotopic (exact) mass is 328 g/mol. The lowest BCUT2D eigenvalue weighted by Gasteiger charge is -2.32. The molecule has 3 rings (SSSR count). The molecular weight excluding hydrogens is 311 g/mol. The molecule has 16 heavy (non-hydrogen) atoms. The van der Waals surface area contributed by atoms with Crippen LogP contribution in [0.2, 0.25) is 0 Å². The first-order valence-corrected chi connectivity index (χ1v) is 7.20. The summed E-state index contributed by atoms with van der Waals surface area (Å²) < 4.78 is 1.27. The second-order valence-corrected chi connectivity index (χ2v) is 6.73. The molecular formula is C14H17IO. The van der Waals surface area contributed by atoms with E-state index in [-0.39, 0.29) is 0 Å². The second kappa shape index (κ2) is 3.98. The van der Waals surface area contributed by atoms with Gasteiger partial charge < -0.3 is 5.11 Å². The molecule has 2 aliphatic carbocycles. The average molecular weight is 328 g/mol. The van der Waals surface area contributed by atoms with Gasteiger partial charge in [-0.3, -0.25) is 0 Å². The summed E-state index contributed by atoms with van der Waals surface area (Å²) in [5, 5.41) is 10.7. The van der Waals surface area contributed by atoms with Gasteiger partial charge in [-0.1, -0.05) is 12.1 Å². The molecule has 2 bridgehead atoms. The summed E-state index contributed by atoms with van der Waals surface area (Å²) in [7, 11) is 0. The average Bonchev–Trinajstić information content (AvgIpc) is 2.81. The van der Waals surface area contributed by atoms with E-state index in [0.29, 0.717) is 5.92 Å². The molecule has 3 atom stereocenters. The molecule has 2 saturated carbocycles. The fourth-order valence-electron chi connectivity index (χ4n) is 3.59. The first-order valence-electron chi connectivity index (χ1n) is 6.12. The minimum atomic E-state index is -0.393. The van der Waals surface area contributed by atoms with Crippen molar-refractivity contribution in [2.24, 2.45) is 11.8 Å². The van der Waals surface area contributed by atoms with Gasteiger partial charge >= 0.3 is 0 Å². The Morgan fingerprint density at radius 3 is 2.56 bits per heavy atom. The van der Waals surface area contributed by atoms with Crippen molar-refractivity contribution >= 4 is 22.6 Å². The smallest absolute Gasteiger partial charge is 0.0718 e. The maximum atomic E-state index is 10.7. The summed E-state index contributed by atoms with van der Waals surface area (Å²) >= 11 is 2.32. The van der Waals surface area contributed by atoms with E-state index in [4.69, 9.17) is 0 Å². The van der Waals surface area contributed by atoms with Gasteiger partial charge in [0.15, 0.2) is 0 Å². The van der Waals surface area contributed by atoms with Crippen molar-refractivity contribution in [2.45, 2.75) is 37.7 Å². The van der Waals surface area contributed by atoms with E-state index in [1.165, 1.54) is 28.4 Å². The molecule has 0 aliphatic heterocycles. The Morgan fingerprint density at radius 1 is 1.25 bits per heavy atom. The van der Waals surface area contributed by atoms with Gasteiger partial charge in [-0.25, -0.2) is 0 Å². The molecule has 1 N–H and O–H groups in total. The molecule has 2 aliphatic rings. The number of benzene rings is 1. The summed E-state index contributed by atoms with van der Waals surface area (Å²) in [6, 6.07) is 8.58. The minimum absolute atomic E-state index is 0.393. The van der Waals surface area contributed by atoms with Crippen LogP contribution in [0.3, 0.4) is 0 Å². The summed E-state index contributed by atoms with van der Waals surface area (Å²) in [5.74, 6) is 1.37. The Kier molecular flexibility index (Phi) is 2.75. The lowest BCUT2D eigenvalue weighted by atomic mass is 9.80. The summed E-state index contributed by atoms with van der Waals surface area (Å²) in [5.41, 5.74) is 0.894. The molecule has 1 aromatic carbocycles. The van der Waals surface area contributed by atoms with Crippen molar-refractivity contribution < 1.29 is 5.11 Å². The molecule has 1 nitrogen and oxygen atoms in total. The van der Waals surface area contributed by atoms with Crippen LogP contribution < -0.4 is 0 Å². The highest BCUT2D eigenvalue weighted by atomic mass is 127. The van der Waals surface area contributed by atoms with Crippen LogP contribution in [0.4, 0.5) is 0 Å². The largest absolute Gasteiger partial charge is 0.389 e. The van der Waals surface area contributed by atoms with Crippen LogP contribution >= 0.6 is 22.6 Å². The fraction of sp³-hybridized carbons (Fsp3) is 0.571. The zero-order valence-electron chi connectivity index (χ0n) is 9.32. The molecule has 0 aromatic heterocycles. The quantitative estimate of drug-likeness (QED) is 0.825. The van der Waals surface area contributed by atoms with E-state index in [1.54, 1.807) is 0 Å². The summed E-state index contributed by atoms with van der Waals surface area (Å²) in [6.45, 7) is 0. The van der Waals surface area contributed by atoms with Gasteiger partial charge in [0, 0.05) is 9.99 Å². The van der Waals surface area contributed by atoms with Gasteiger partial charge in [-0.15, -0.1) is 0 Å². The van der Waals surface area contributed by atoms with E-state index in [9.17, 15) is 5.11 Å². The van der Waals surface area contributed by atoms with Gasteiger partial charge in [0.05, 0.1) is 5.60 Å². The normalized spacial score (nSPS) is 36.9. The van der Waals surface area contributed by atoms with Crippen LogP contribution in [-0.2, 0) is 6.42 Å². The van der Waals surface area contributed by atoms with Crippen molar-refractivity contribution in [3.63, 3.8) is 0 Å². The Labute approximate surface area is 110 Å². The zero-order chi connectivity index (χ0) is 11.2. The van der Waals surface area contributed by atoms with E-state index in [2.05, 4.69) is 46.9 Å². The second-order valence-electron chi connectivity index (χ2n) is 5.49. The number of hydrogen-bond donors (Lipinski definition) is 1. The maximum absolute atomic E-state index is 10.7. The van der Waals surface area contributed by atoms with Crippen LogP contribution in [-0.4, -0.2) is 10.7 Å². The van der Waals surface area contributed by atoms with E-state index < -0.39 is 5.60 Å². The molecule has 86 valence electrons. The van der Waals surface area contributed by atoms with Crippen molar-refractivity contribution in [3.8, 4) is 0 Å². The third-order valence-corrected chi connectivity index (χ3v) is 5.09. The van der Waals surface area contributed by atoms with Gasteiger partial charge in [0.2, 0.25) is 0 Å². The maximum Gasteiger partial charge on any atom is 0.0718 e. The number of halogens is 1. The molecule has 2 heteroatoms. The first-order chi connectivity index (χ1) is 7.66. The van der Waals surface area contributed by atoms with Crippen molar-refractivity contribution in [1.82, 2.24) is 0 Å². The third-order valence-electron chi connectivity index (χ3n) is 4.37. The number of aliphatic hydroxyl groups is 1. The van der Waals surface area contributed by atoms with Crippen molar-refractivity contribution in [1.29, 1.82) is 0 Å². The highest BCUT2D eigenvalue weighted by Crippen LogP contribution is 2.51. The number of rotatable bonds is 2. The Balaban J connectivity index is 1.77. The summed E-state index contributed by atoms with van der Waals surface area (Å²) in [6.07, 6.45) is 5.74. The summed E-state index contributed by atoms with van der Waals surface area (Å²) in [4.78, 5) is 0. The number of hydrogen-bond acceptors (Lipinski definition) is 1. The Bertz CT molecular complexity index is 386. The molecule has 3 unspecified atom stereocenters. The van der Waals surface area contributed by atoms with Crippen LogP contribution in [0.25, 0.3) is 0 Å². The highest BCUT2D eigenvalue weighted by molar-refractivity contribution is 14.1. The van der Waals surface area contributed by atoms with Crippen LogP contribution in [0.5, 0.6) is 0 Å². The SMILES string of the molecule is OC1(Cc2ccc(I)cc2)CC2CCC1C2. The highest BCUT2D eigenvalue weighted by Gasteiger charge is 2.49. The molecule has 2 fully saturated rings. The predicted molar refractivity (Wildman–Crippen MR) is 73.3 cm³/mol. The fourth-order valence-corrected chi connectivity index (χ4v) is 3.95. The van der Waals surface area contributed by atoms with Gasteiger partial charge in [-0.2, -0.15) is 0 Å². The molecule has 0 spiro atoms. The van der Waals surface area contributed by atoms with Crippen LogP contribution in [0.15, 0.2) is 24.3 Å². The zero-order valence-corrected chi connectivity index (χ0v) is 11.5. The van der Waals surface area contributed by atoms with Crippen molar-refractivity contribution in [2.75, 3.05) is 0 Å². The number of fused-ring (bicyclic) bond motifs is 2. The molecule has 0 amide bonds. The van der Waals surface area contributed by atoms with Gasteiger partial charge in [-0.05, 0) is 77.8 Å². The van der Waals surface area contributed by atoms with Gasteiger partial charge in [0.25, 0.3) is 0 Å². The van der Waals surface area contributed by atoms with E-state index in [0.717, 1.165) is 18.8 Å². The first kappa shape index (κ1) is 11.0. The molecule has 1 aromatic rings. The molecule has 0 radical (unpaired) electrons. The van der Waals surface area contributed by atoms with Crippen molar-refractivity contribution in [3.05, 3.63) is 33.4 Å². The topological polar surface area (TPSA) is 20.2 Å². The predicted octanol–water partition coefficient (Wildman–Crippen LogP) is 3.38.